The van der Waals surface area contributed by atoms with Gasteiger partial charge in [-0.25, -0.2) is 0 Å². The minimum Gasteiger partial charge on any atom is -0.493 e. The lowest BCUT2D eigenvalue weighted by molar-refractivity contribution is -0.141. The lowest BCUT2D eigenvalue weighted by Crippen LogP contribution is -2.52. The zero-order chi connectivity index (χ0) is 23.9. The van der Waals surface area contributed by atoms with Gasteiger partial charge in [0.15, 0.2) is 11.5 Å². The second kappa shape index (κ2) is 11.2. The second-order valence-corrected chi connectivity index (χ2v) is 9.19. The molecule has 7 heteroatoms. The smallest absolute Gasteiger partial charge is 0.242 e. The summed E-state index contributed by atoms with van der Waals surface area (Å²) in [6.07, 6.45) is 0.766. The first-order chi connectivity index (χ1) is 15.0. The van der Waals surface area contributed by atoms with Crippen LogP contribution in [0, 0.1) is 0 Å². The molecule has 32 heavy (non-hydrogen) atoms. The zero-order valence-corrected chi connectivity index (χ0v) is 20.5. The van der Waals surface area contributed by atoms with Crippen LogP contribution in [-0.2, 0) is 22.6 Å². The normalized spacial score (nSPS) is 12.1. The van der Waals surface area contributed by atoms with Crippen LogP contribution < -0.4 is 14.8 Å². The van der Waals surface area contributed by atoms with Gasteiger partial charge in [0.25, 0.3) is 0 Å². The molecule has 0 aliphatic rings. The van der Waals surface area contributed by atoms with Gasteiger partial charge >= 0.3 is 0 Å². The van der Waals surface area contributed by atoms with Gasteiger partial charge in [-0.2, -0.15) is 0 Å². The van der Waals surface area contributed by atoms with E-state index in [4.69, 9.17) is 21.1 Å². The highest BCUT2D eigenvalue weighted by molar-refractivity contribution is 6.30. The minimum atomic E-state index is -0.633. The lowest BCUT2D eigenvalue weighted by Gasteiger charge is -2.31. The summed E-state index contributed by atoms with van der Waals surface area (Å²) in [5.74, 6) is 0.944. The molecule has 0 radical (unpaired) electrons. The van der Waals surface area contributed by atoms with E-state index in [2.05, 4.69) is 5.32 Å². The van der Waals surface area contributed by atoms with E-state index in [0.717, 1.165) is 11.1 Å². The molecule has 2 aromatic rings. The standard InChI is InChI=1S/C25H33ClN2O4/c1-17(24(30)27-25(2,3)4)28(16-19-8-7-9-20(26)14-19)23(29)13-11-18-10-12-21(31-5)22(15-18)32-6/h7-10,12,14-15,17H,11,13,16H2,1-6H3,(H,27,30)/t17-/m0/s1. The van der Waals surface area contributed by atoms with Gasteiger partial charge in [0.1, 0.15) is 6.04 Å². The summed E-state index contributed by atoms with van der Waals surface area (Å²) in [6, 6.07) is 12.3. The van der Waals surface area contributed by atoms with Gasteiger partial charge in [0.05, 0.1) is 14.2 Å². The lowest BCUT2D eigenvalue weighted by atomic mass is 10.1. The van der Waals surface area contributed by atoms with Gasteiger partial charge in [-0.3, -0.25) is 9.59 Å². The molecule has 0 saturated heterocycles. The van der Waals surface area contributed by atoms with E-state index >= 15 is 0 Å². The van der Waals surface area contributed by atoms with Crippen molar-refractivity contribution in [1.29, 1.82) is 0 Å². The Hall–Kier alpha value is -2.73. The number of nitrogens with one attached hydrogen (secondary N) is 1. The molecule has 2 amide bonds. The van der Waals surface area contributed by atoms with E-state index in [0.29, 0.717) is 29.5 Å². The molecule has 1 N–H and O–H groups in total. The highest BCUT2D eigenvalue weighted by Crippen LogP contribution is 2.28. The molecule has 0 spiro atoms. The molecule has 0 fully saturated rings. The predicted molar refractivity (Wildman–Crippen MR) is 127 cm³/mol. The van der Waals surface area contributed by atoms with Crippen molar-refractivity contribution >= 4 is 23.4 Å². The molecule has 0 aliphatic heterocycles. The number of carbonyl (C=O) groups is 2. The fraction of sp³-hybridized carbons (Fsp3) is 0.440. The molecule has 2 aromatic carbocycles. The number of halogens is 1. The predicted octanol–water partition coefficient (Wildman–Crippen LogP) is 4.62. The van der Waals surface area contributed by atoms with Gasteiger partial charge in [-0.15, -0.1) is 0 Å². The SMILES string of the molecule is COc1ccc(CCC(=O)N(Cc2cccc(Cl)c2)[C@@H](C)C(=O)NC(C)(C)C)cc1OC. The number of benzene rings is 2. The topological polar surface area (TPSA) is 67.9 Å². The third-order valence-electron chi connectivity index (χ3n) is 4.98. The molecular formula is C25H33ClN2O4. The number of carbonyl (C=O) groups excluding carboxylic acids is 2. The molecule has 1 atom stereocenters. The van der Waals surface area contributed by atoms with Crippen LogP contribution in [0.1, 0.15) is 45.2 Å². The maximum absolute atomic E-state index is 13.3. The first kappa shape index (κ1) is 25.5. The Morgan fingerprint density at radius 1 is 1.03 bits per heavy atom. The Morgan fingerprint density at radius 3 is 2.31 bits per heavy atom. The summed E-state index contributed by atoms with van der Waals surface area (Å²) < 4.78 is 10.6. The van der Waals surface area contributed by atoms with Crippen LogP contribution in [-0.4, -0.2) is 42.5 Å². The first-order valence-corrected chi connectivity index (χ1v) is 11.0. The maximum atomic E-state index is 13.3. The van der Waals surface area contributed by atoms with Crippen molar-refractivity contribution in [2.45, 2.75) is 58.7 Å². The third kappa shape index (κ3) is 7.45. The zero-order valence-electron chi connectivity index (χ0n) is 19.7. The summed E-state index contributed by atoms with van der Waals surface area (Å²) in [5, 5.41) is 3.55. The van der Waals surface area contributed by atoms with Crippen molar-refractivity contribution in [1.82, 2.24) is 10.2 Å². The molecule has 174 valence electrons. The largest absolute Gasteiger partial charge is 0.493 e. The molecule has 0 saturated carbocycles. The van der Waals surface area contributed by atoms with Crippen LogP contribution in [0.2, 0.25) is 5.02 Å². The van der Waals surface area contributed by atoms with E-state index in [1.165, 1.54) is 0 Å². The van der Waals surface area contributed by atoms with Crippen LogP contribution in [0.5, 0.6) is 11.5 Å². The maximum Gasteiger partial charge on any atom is 0.242 e. The minimum absolute atomic E-state index is 0.115. The van der Waals surface area contributed by atoms with E-state index in [9.17, 15) is 9.59 Å². The van der Waals surface area contributed by atoms with Crippen molar-refractivity contribution in [3.8, 4) is 11.5 Å². The molecule has 0 bridgehead atoms. The number of nitrogens with zero attached hydrogens (tertiary/aromatic N) is 1. The summed E-state index contributed by atoms with van der Waals surface area (Å²) in [6.45, 7) is 7.79. The Balaban J connectivity index is 2.20. The van der Waals surface area contributed by atoms with Gasteiger partial charge < -0.3 is 19.7 Å². The van der Waals surface area contributed by atoms with Gasteiger partial charge in [0.2, 0.25) is 11.8 Å². The number of rotatable bonds is 9. The highest BCUT2D eigenvalue weighted by atomic mass is 35.5. The molecule has 0 heterocycles. The van der Waals surface area contributed by atoms with E-state index in [1.54, 1.807) is 32.1 Å². The summed E-state index contributed by atoms with van der Waals surface area (Å²) in [5.41, 5.74) is 1.42. The van der Waals surface area contributed by atoms with Crippen LogP contribution in [0.3, 0.4) is 0 Å². The van der Waals surface area contributed by atoms with E-state index in [-0.39, 0.29) is 18.2 Å². The number of methoxy groups -OCH3 is 2. The summed E-state index contributed by atoms with van der Waals surface area (Å²) in [7, 11) is 3.16. The van der Waals surface area contributed by atoms with E-state index in [1.807, 2.05) is 57.2 Å². The van der Waals surface area contributed by atoms with Crippen molar-refractivity contribution < 1.29 is 19.1 Å². The monoisotopic (exact) mass is 460 g/mol. The molecular weight excluding hydrogens is 428 g/mol. The average molecular weight is 461 g/mol. The van der Waals surface area contributed by atoms with Gasteiger partial charge in [-0.05, 0) is 69.5 Å². The molecule has 0 aromatic heterocycles. The molecule has 0 aliphatic carbocycles. The first-order valence-electron chi connectivity index (χ1n) is 10.6. The number of hydrogen-bond donors (Lipinski definition) is 1. The number of ether oxygens (including phenoxy) is 2. The van der Waals surface area contributed by atoms with Crippen molar-refractivity contribution in [2.75, 3.05) is 14.2 Å². The number of hydrogen-bond acceptors (Lipinski definition) is 4. The van der Waals surface area contributed by atoms with Gasteiger partial charge in [-0.1, -0.05) is 29.8 Å². The van der Waals surface area contributed by atoms with Crippen LogP contribution in [0.15, 0.2) is 42.5 Å². The Bertz CT molecular complexity index is 940. The summed E-state index contributed by atoms with van der Waals surface area (Å²) in [4.78, 5) is 27.7. The molecule has 2 rings (SSSR count). The van der Waals surface area contributed by atoms with Crippen LogP contribution in [0.4, 0.5) is 0 Å². The Labute approximate surface area is 195 Å². The Morgan fingerprint density at radius 2 is 1.72 bits per heavy atom. The fourth-order valence-electron chi connectivity index (χ4n) is 3.32. The fourth-order valence-corrected chi connectivity index (χ4v) is 3.53. The summed E-state index contributed by atoms with van der Waals surface area (Å²) >= 11 is 6.13. The van der Waals surface area contributed by atoms with E-state index < -0.39 is 11.6 Å². The van der Waals surface area contributed by atoms with Crippen molar-refractivity contribution in [3.63, 3.8) is 0 Å². The van der Waals surface area contributed by atoms with Crippen LogP contribution in [0.25, 0.3) is 0 Å². The quantitative estimate of drug-likeness (QED) is 0.592. The van der Waals surface area contributed by atoms with Crippen LogP contribution >= 0.6 is 11.6 Å². The average Bonchev–Trinajstić information content (AvgIpc) is 2.73. The van der Waals surface area contributed by atoms with Crippen molar-refractivity contribution in [2.24, 2.45) is 0 Å². The number of aryl methyl sites for hydroxylation is 1. The molecule has 6 nitrogen and oxygen atoms in total. The second-order valence-electron chi connectivity index (χ2n) is 8.76. The van der Waals surface area contributed by atoms with Gasteiger partial charge in [0, 0.05) is 23.5 Å². The highest BCUT2D eigenvalue weighted by Gasteiger charge is 2.28. The third-order valence-corrected chi connectivity index (χ3v) is 5.22. The Kier molecular flexibility index (Phi) is 8.96. The number of amides is 2. The van der Waals surface area contributed by atoms with Crippen molar-refractivity contribution in [3.05, 3.63) is 58.6 Å². The molecule has 0 unspecified atom stereocenters.